The SMILES string of the molecule is CNCC1=C\C(N)=C/C=C\C=C/C=C\C=C1. The number of nitrogens with one attached hydrogen (secondary N) is 1. The van der Waals surface area contributed by atoms with E-state index in [2.05, 4.69) is 5.32 Å². The quantitative estimate of drug-likeness (QED) is 0.739. The van der Waals surface area contributed by atoms with Crippen molar-refractivity contribution in [2.45, 2.75) is 0 Å². The van der Waals surface area contributed by atoms with E-state index in [1.165, 1.54) is 0 Å². The molecule has 0 amide bonds. The summed E-state index contributed by atoms with van der Waals surface area (Å²) in [6.45, 7) is 0.804. The summed E-state index contributed by atoms with van der Waals surface area (Å²) >= 11 is 0. The topological polar surface area (TPSA) is 38.0 Å². The number of rotatable bonds is 2. The van der Waals surface area contributed by atoms with Crippen LogP contribution in [0.4, 0.5) is 0 Å². The molecule has 0 aliphatic heterocycles. The maximum atomic E-state index is 5.87. The molecular weight excluding hydrogens is 196 g/mol. The van der Waals surface area contributed by atoms with Crippen LogP contribution in [-0.2, 0) is 0 Å². The number of hydrogen-bond acceptors (Lipinski definition) is 2. The molecule has 2 nitrogen and oxygen atoms in total. The van der Waals surface area contributed by atoms with Crippen LogP contribution in [0.2, 0.25) is 0 Å². The van der Waals surface area contributed by atoms with Gasteiger partial charge in [0.15, 0.2) is 0 Å². The van der Waals surface area contributed by atoms with Crippen molar-refractivity contribution in [3.63, 3.8) is 0 Å². The summed E-state index contributed by atoms with van der Waals surface area (Å²) in [6, 6.07) is 0. The standard InChI is InChI=1S/C14H18N2/c1-16-12-13-9-7-5-3-2-4-6-8-10-14(15)11-13/h2-11,16H,12,15H2,1H3/b3-2?,4-2-,5-3-,6-4?,7-5?,8-6-,9-7?,10-8?,13-9?,13-11?,14-10+,14-11?. The summed E-state index contributed by atoms with van der Waals surface area (Å²) in [7, 11) is 1.92. The third kappa shape index (κ3) is 5.17. The number of likely N-dealkylation sites (N-methyl/N-ethyl adjacent to an activating group) is 1. The molecule has 0 aromatic carbocycles. The van der Waals surface area contributed by atoms with Gasteiger partial charge in [-0.1, -0.05) is 48.6 Å². The molecule has 0 spiro atoms. The van der Waals surface area contributed by atoms with Crippen LogP contribution in [0.25, 0.3) is 0 Å². The lowest BCUT2D eigenvalue weighted by Gasteiger charge is -2.01. The number of allylic oxidation sites excluding steroid dienone is 9. The molecule has 16 heavy (non-hydrogen) atoms. The lowest BCUT2D eigenvalue weighted by atomic mass is 10.2. The van der Waals surface area contributed by atoms with Crippen molar-refractivity contribution in [2.24, 2.45) is 5.73 Å². The Morgan fingerprint density at radius 1 is 1.00 bits per heavy atom. The predicted octanol–water partition coefficient (Wildman–Crippen LogP) is 2.21. The molecule has 0 saturated carbocycles. The summed E-state index contributed by atoms with van der Waals surface area (Å²) in [6.07, 6.45) is 19.7. The summed E-state index contributed by atoms with van der Waals surface area (Å²) in [5.41, 5.74) is 7.77. The van der Waals surface area contributed by atoms with Gasteiger partial charge in [0.1, 0.15) is 0 Å². The molecule has 0 aromatic rings. The normalized spacial score (nSPS) is 25.6. The first-order chi connectivity index (χ1) is 7.83. The van der Waals surface area contributed by atoms with Gasteiger partial charge in [0.2, 0.25) is 0 Å². The molecule has 0 fully saturated rings. The van der Waals surface area contributed by atoms with Crippen LogP contribution in [-0.4, -0.2) is 13.6 Å². The largest absolute Gasteiger partial charge is 0.399 e. The average molecular weight is 214 g/mol. The zero-order valence-corrected chi connectivity index (χ0v) is 9.56. The lowest BCUT2D eigenvalue weighted by Crippen LogP contribution is -2.10. The fourth-order valence-electron chi connectivity index (χ4n) is 1.29. The molecule has 0 unspecified atom stereocenters. The molecule has 2 heteroatoms. The van der Waals surface area contributed by atoms with Crippen molar-refractivity contribution in [1.29, 1.82) is 0 Å². The summed E-state index contributed by atoms with van der Waals surface area (Å²) in [5, 5.41) is 3.11. The van der Waals surface area contributed by atoms with E-state index in [9.17, 15) is 0 Å². The van der Waals surface area contributed by atoms with E-state index in [0.29, 0.717) is 0 Å². The van der Waals surface area contributed by atoms with Crippen molar-refractivity contribution in [3.8, 4) is 0 Å². The van der Waals surface area contributed by atoms with Crippen LogP contribution >= 0.6 is 0 Å². The Morgan fingerprint density at radius 2 is 1.62 bits per heavy atom. The highest BCUT2D eigenvalue weighted by Gasteiger charge is 1.91. The molecule has 0 aromatic heterocycles. The highest BCUT2D eigenvalue weighted by molar-refractivity contribution is 5.34. The van der Waals surface area contributed by atoms with Gasteiger partial charge in [0, 0.05) is 12.2 Å². The fourth-order valence-corrected chi connectivity index (χ4v) is 1.29. The minimum atomic E-state index is 0.754. The summed E-state index contributed by atoms with van der Waals surface area (Å²) < 4.78 is 0. The summed E-state index contributed by atoms with van der Waals surface area (Å²) in [4.78, 5) is 0. The maximum absolute atomic E-state index is 5.87. The predicted molar refractivity (Wildman–Crippen MR) is 70.8 cm³/mol. The molecule has 84 valence electrons. The Hall–Kier alpha value is -1.80. The Morgan fingerprint density at radius 3 is 2.31 bits per heavy atom. The van der Waals surface area contributed by atoms with Gasteiger partial charge in [-0.25, -0.2) is 0 Å². The maximum Gasteiger partial charge on any atom is 0.0317 e. The molecule has 1 rings (SSSR count). The minimum Gasteiger partial charge on any atom is -0.399 e. The van der Waals surface area contributed by atoms with Gasteiger partial charge in [-0.15, -0.1) is 0 Å². The second kappa shape index (κ2) is 7.49. The van der Waals surface area contributed by atoms with Gasteiger partial charge in [0.25, 0.3) is 0 Å². The monoisotopic (exact) mass is 214 g/mol. The smallest absolute Gasteiger partial charge is 0.0317 e. The van der Waals surface area contributed by atoms with Crippen LogP contribution in [0.15, 0.2) is 72.0 Å². The van der Waals surface area contributed by atoms with Crippen molar-refractivity contribution in [1.82, 2.24) is 5.32 Å². The third-order valence-electron chi connectivity index (χ3n) is 2.00. The van der Waals surface area contributed by atoms with Crippen molar-refractivity contribution in [3.05, 3.63) is 72.0 Å². The van der Waals surface area contributed by atoms with Gasteiger partial charge in [-0.3, -0.25) is 0 Å². The third-order valence-corrected chi connectivity index (χ3v) is 2.00. The molecule has 0 radical (unpaired) electrons. The van der Waals surface area contributed by atoms with E-state index in [4.69, 9.17) is 5.73 Å². The van der Waals surface area contributed by atoms with E-state index >= 15 is 0 Å². The van der Waals surface area contributed by atoms with Crippen LogP contribution < -0.4 is 11.1 Å². The molecule has 1 aliphatic rings. The van der Waals surface area contributed by atoms with Gasteiger partial charge in [-0.2, -0.15) is 0 Å². The van der Waals surface area contributed by atoms with Crippen LogP contribution in [0.1, 0.15) is 0 Å². The first kappa shape index (κ1) is 12.3. The van der Waals surface area contributed by atoms with E-state index in [1.54, 1.807) is 0 Å². The van der Waals surface area contributed by atoms with Crippen molar-refractivity contribution < 1.29 is 0 Å². The number of hydrogen-bond donors (Lipinski definition) is 2. The second-order valence-corrected chi connectivity index (χ2v) is 3.43. The first-order valence-electron chi connectivity index (χ1n) is 5.32. The average Bonchev–Trinajstić information content (AvgIpc) is 2.25. The molecule has 1 aliphatic carbocycles. The molecule has 0 saturated heterocycles. The minimum absolute atomic E-state index is 0.754. The summed E-state index contributed by atoms with van der Waals surface area (Å²) in [5.74, 6) is 0. The molecule has 3 N–H and O–H groups in total. The van der Waals surface area contributed by atoms with Crippen LogP contribution in [0, 0.1) is 0 Å². The zero-order valence-electron chi connectivity index (χ0n) is 9.56. The second-order valence-electron chi connectivity index (χ2n) is 3.43. The Bertz CT molecular complexity index is 380. The highest BCUT2D eigenvalue weighted by Crippen LogP contribution is 2.01. The van der Waals surface area contributed by atoms with Gasteiger partial charge in [0.05, 0.1) is 0 Å². The van der Waals surface area contributed by atoms with Crippen molar-refractivity contribution >= 4 is 0 Å². The van der Waals surface area contributed by atoms with Gasteiger partial charge >= 0.3 is 0 Å². The molecule has 0 heterocycles. The van der Waals surface area contributed by atoms with E-state index in [1.807, 2.05) is 67.8 Å². The Kier molecular flexibility index (Phi) is 5.74. The lowest BCUT2D eigenvalue weighted by molar-refractivity contribution is 0.894. The first-order valence-corrected chi connectivity index (χ1v) is 5.32. The van der Waals surface area contributed by atoms with Crippen LogP contribution in [0.3, 0.4) is 0 Å². The molecule has 0 bridgehead atoms. The van der Waals surface area contributed by atoms with E-state index in [-0.39, 0.29) is 0 Å². The Labute approximate surface area is 97.2 Å². The molecule has 0 atom stereocenters. The zero-order chi connectivity index (χ0) is 11.6. The number of nitrogens with two attached hydrogens (primary N) is 1. The highest BCUT2D eigenvalue weighted by atomic mass is 14.8. The molecular formula is C14H18N2. The van der Waals surface area contributed by atoms with Gasteiger partial charge < -0.3 is 11.1 Å². The fraction of sp³-hybridized carbons (Fsp3) is 0.143. The van der Waals surface area contributed by atoms with Crippen LogP contribution in [0.5, 0.6) is 0 Å². The van der Waals surface area contributed by atoms with E-state index in [0.717, 1.165) is 17.8 Å². The van der Waals surface area contributed by atoms with Crippen molar-refractivity contribution in [2.75, 3.05) is 13.6 Å². The van der Waals surface area contributed by atoms with Gasteiger partial charge in [-0.05, 0) is 24.8 Å². The Balaban J connectivity index is 2.92. The van der Waals surface area contributed by atoms with E-state index < -0.39 is 0 Å².